The highest BCUT2D eigenvalue weighted by Gasteiger charge is 2.61. The average Bonchev–Trinajstić information content (AvgIpc) is 2.78. The van der Waals surface area contributed by atoms with Gasteiger partial charge < -0.3 is 9.15 Å². The first-order valence-electron chi connectivity index (χ1n) is 7.62. The third-order valence-electron chi connectivity index (χ3n) is 4.30. The van der Waals surface area contributed by atoms with Gasteiger partial charge in [-0.2, -0.15) is 0 Å². The van der Waals surface area contributed by atoms with Crippen molar-refractivity contribution >= 4 is 5.97 Å². The number of hydrogen-bond donors (Lipinski definition) is 0. The minimum atomic E-state index is -0.102. The van der Waals surface area contributed by atoms with Gasteiger partial charge in [0.1, 0.15) is 12.4 Å². The van der Waals surface area contributed by atoms with Crippen LogP contribution in [0.15, 0.2) is 28.4 Å². The smallest absolute Gasteiger partial charge is 0.310 e. The first-order valence-corrected chi connectivity index (χ1v) is 7.62. The molecule has 3 nitrogen and oxygen atoms in total. The lowest BCUT2D eigenvalue weighted by molar-refractivity contribution is -0.147. The lowest BCUT2D eigenvalue weighted by Crippen LogP contribution is -2.10. The lowest BCUT2D eigenvalue weighted by atomic mass is 10.1. The van der Waals surface area contributed by atoms with Crippen molar-refractivity contribution in [2.45, 2.75) is 54.1 Å². The van der Waals surface area contributed by atoms with Gasteiger partial charge in [0, 0.05) is 11.5 Å². The van der Waals surface area contributed by atoms with Crippen molar-refractivity contribution in [3.8, 4) is 0 Å². The van der Waals surface area contributed by atoms with E-state index in [2.05, 4.69) is 47.6 Å². The van der Waals surface area contributed by atoms with Crippen LogP contribution in [0.4, 0.5) is 0 Å². The molecule has 0 bridgehead atoms. The quantitative estimate of drug-likeness (QED) is 0.583. The highest BCUT2D eigenvalue weighted by Crippen LogP contribution is 2.59. The van der Waals surface area contributed by atoms with Gasteiger partial charge in [0.2, 0.25) is 0 Å². The molecule has 2 rings (SSSR count). The lowest BCUT2D eigenvalue weighted by Gasteiger charge is -2.04. The molecule has 0 spiro atoms. The van der Waals surface area contributed by atoms with Crippen molar-refractivity contribution in [2.75, 3.05) is 0 Å². The number of ether oxygens (including phenoxy) is 1. The normalized spacial score (nSPS) is 23.0. The Morgan fingerprint density at radius 3 is 2.62 bits per heavy atom. The SMILES string of the molecule is CC(C)=CC1C(C(=O)OCc2coc(C(C)C)c2)C1(C)C. The van der Waals surface area contributed by atoms with Gasteiger partial charge in [-0.3, -0.25) is 4.79 Å². The average molecular weight is 290 g/mol. The minimum absolute atomic E-state index is 0.00778. The molecule has 0 aliphatic heterocycles. The van der Waals surface area contributed by atoms with Crippen LogP contribution in [0.5, 0.6) is 0 Å². The topological polar surface area (TPSA) is 39.4 Å². The van der Waals surface area contributed by atoms with E-state index in [4.69, 9.17) is 9.15 Å². The molecule has 1 aromatic rings. The molecule has 0 amide bonds. The van der Waals surface area contributed by atoms with E-state index in [1.807, 2.05) is 6.07 Å². The number of allylic oxidation sites excluding steroid dienone is 2. The molecule has 1 fully saturated rings. The van der Waals surface area contributed by atoms with Gasteiger partial charge in [-0.15, -0.1) is 0 Å². The van der Waals surface area contributed by atoms with E-state index in [-0.39, 0.29) is 17.3 Å². The van der Waals surface area contributed by atoms with E-state index < -0.39 is 0 Å². The summed E-state index contributed by atoms with van der Waals surface area (Å²) >= 11 is 0. The molecular weight excluding hydrogens is 264 g/mol. The molecule has 0 radical (unpaired) electrons. The van der Waals surface area contributed by atoms with Crippen LogP contribution in [0, 0.1) is 17.3 Å². The van der Waals surface area contributed by atoms with Crippen LogP contribution in [-0.4, -0.2) is 5.97 Å². The molecule has 116 valence electrons. The molecule has 2 unspecified atom stereocenters. The van der Waals surface area contributed by atoms with Crippen LogP contribution in [0.25, 0.3) is 0 Å². The molecule has 1 aromatic heterocycles. The summed E-state index contributed by atoms with van der Waals surface area (Å²) in [4.78, 5) is 12.2. The van der Waals surface area contributed by atoms with Gasteiger partial charge in [-0.1, -0.05) is 39.3 Å². The van der Waals surface area contributed by atoms with Crippen LogP contribution in [0.1, 0.15) is 58.8 Å². The second-order valence-electron chi connectivity index (χ2n) is 7.19. The molecule has 0 N–H and O–H groups in total. The van der Waals surface area contributed by atoms with Gasteiger partial charge in [0.25, 0.3) is 0 Å². The number of rotatable bonds is 5. The van der Waals surface area contributed by atoms with Crippen LogP contribution < -0.4 is 0 Å². The Bertz CT molecular complexity index is 545. The van der Waals surface area contributed by atoms with E-state index in [1.165, 1.54) is 5.57 Å². The zero-order valence-electron chi connectivity index (χ0n) is 13.9. The van der Waals surface area contributed by atoms with E-state index >= 15 is 0 Å². The summed E-state index contributed by atoms with van der Waals surface area (Å²) in [6.45, 7) is 12.8. The number of hydrogen-bond acceptors (Lipinski definition) is 3. The van der Waals surface area contributed by atoms with Crippen molar-refractivity contribution in [2.24, 2.45) is 17.3 Å². The standard InChI is InChI=1S/C18H26O3/c1-11(2)7-14-16(18(14,5)6)17(19)21-10-13-8-15(12(3)4)20-9-13/h7-9,12,14,16H,10H2,1-6H3. The number of carbonyl (C=O) groups excluding carboxylic acids is 1. The molecule has 1 aliphatic carbocycles. The second-order valence-corrected chi connectivity index (χ2v) is 7.19. The second kappa shape index (κ2) is 5.70. The van der Waals surface area contributed by atoms with Crippen LogP contribution in [0.2, 0.25) is 0 Å². The zero-order valence-corrected chi connectivity index (χ0v) is 13.9. The minimum Gasteiger partial charge on any atom is -0.469 e. The summed E-state index contributed by atoms with van der Waals surface area (Å²) in [5.74, 6) is 1.44. The Labute approximate surface area is 127 Å². The van der Waals surface area contributed by atoms with Crippen molar-refractivity contribution in [1.82, 2.24) is 0 Å². The van der Waals surface area contributed by atoms with Crippen LogP contribution >= 0.6 is 0 Å². The molecular formula is C18H26O3. The molecule has 3 heteroatoms. The summed E-state index contributed by atoms with van der Waals surface area (Å²) < 4.78 is 10.9. The fraction of sp³-hybridized carbons (Fsp3) is 0.611. The molecule has 0 aromatic carbocycles. The first-order chi connectivity index (χ1) is 9.73. The third kappa shape index (κ3) is 3.39. The van der Waals surface area contributed by atoms with Gasteiger partial charge in [0.05, 0.1) is 12.2 Å². The summed E-state index contributed by atoms with van der Waals surface area (Å²) in [5.41, 5.74) is 2.18. The third-order valence-corrected chi connectivity index (χ3v) is 4.30. The summed E-state index contributed by atoms with van der Waals surface area (Å²) in [6.07, 6.45) is 3.86. The summed E-state index contributed by atoms with van der Waals surface area (Å²) in [5, 5.41) is 0. The predicted octanol–water partition coefficient (Wildman–Crippen LogP) is 4.68. The van der Waals surface area contributed by atoms with E-state index in [0.717, 1.165) is 11.3 Å². The van der Waals surface area contributed by atoms with E-state index in [9.17, 15) is 4.79 Å². The van der Waals surface area contributed by atoms with Gasteiger partial charge in [0.15, 0.2) is 0 Å². The van der Waals surface area contributed by atoms with E-state index in [0.29, 0.717) is 18.4 Å². The maximum Gasteiger partial charge on any atom is 0.310 e. The molecule has 1 aliphatic rings. The Morgan fingerprint density at radius 1 is 1.43 bits per heavy atom. The summed E-state index contributed by atoms with van der Waals surface area (Å²) in [6, 6.07) is 1.96. The fourth-order valence-corrected chi connectivity index (χ4v) is 2.82. The van der Waals surface area contributed by atoms with Crippen LogP contribution in [0.3, 0.4) is 0 Å². The highest BCUT2D eigenvalue weighted by atomic mass is 16.5. The largest absolute Gasteiger partial charge is 0.469 e. The van der Waals surface area contributed by atoms with Crippen molar-refractivity contribution in [3.05, 3.63) is 35.3 Å². The Hall–Kier alpha value is -1.51. The van der Waals surface area contributed by atoms with Gasteiger partial charge in [-0.05, 0) is 31.2 Å². The maximum atomic E-state index is 12.2. The number of esters is 1. The van der Waals surface area contributed by atoms with Gasteiger partial charge >= 0.3 is 5.97 Å². The Morgan fingerprint density at radius 2 is 2.10 bits per heavy atom. The number of furan rings is 1. The Kier molecular flexibility index (Phi) is 4.31. The molecule has 21 heavy (non-hydrogen) atoms. The van der Waals surface area contributed by atoms with E-state index in [1.54, 1.807) is 6.26 Å². The predicted molar refractivity (Wildman–Crippen MR) is 82.8 cm³/mol. The van der Waals surface area contributed by atoms with Crippen molar-refractivity contribution in [1.29, 1.82) is 0 Å². The van der Waals surface area contributed by atoms with Crippen LogP contribution in [-0.2, 0) is 16.1 Å². The first kappa shape index (κ1) is 15.9. The van der Waals surface area contributed by atoms with Gasteiger partial charge in [-0.25, -0.2) is 0 Å². The monoisotopic (exact) mass is 290 g/mol. The Balaban J connectivity index is 1.92. The highest BCUT2D eigenvalue weighted by molar-refractivity contribution is 5.78. The fourth-order valence-electron chi connectivity index (χ4n) is 2.82. The molecule has 0 saturated heterocycles. The molecule has 2 atom stereocenters. The summed E-state index contributed by atoms with van der Waals surface area (Å²) in [7, 11) is 0. The molecule has 1 saturated carbocycles. The van der Waals surface area contributed by atoms with Crippen molar-refractivity contribution in [3.63, 3.8) is 0 Å². The van der Waals surface area contributed by atoms with Crippen molar-refractivity contribution < 1.29 is 13.9 Å². The zero-order chi connectivity index (χ0) is 15.8. The maximum absolute atomic E-state index is 12.2. The molecule has 1 heterocycles. The number of carbonyl (C=O) groups is 1.